The summed E-state index contributed by atoms with van der Waals surface area (Å²) in [6, 6.07) is 12.9. The summed E-state index contributed by atoms with van der Waals surface area (Å²) in [7, 11) is 0. The predicted molar refractivity (Wildman–Crippen MR) is 98.0 cm³/mol. The summed E-state index contributed by atoms with van der Waals surface area (Å²) < 4.78 is 16.9. The average molecular weight is 353 g/mol. The monoisotopic (exact) mass is 353 g/mol. The zero-order chi connectivity index (χ0) is 17.9. The van der Waals surface area contributed by atoms with E-state index in [-0.39, 0.29) is 11.9 Å². The van der Waals surface area contributed by atoms with Gasteiger partial charge in [0.1, 0.15) is 19.0 Å². The molecule has 136 valence electrons. The summed E-state index contributed by atoms with van der Waals surface area (Å²) in [6.45, 7) is 3.84. The summed E-state index contributed by atoms with van der Waals surface area (Å²) in [6.07, 6.45) is 2.52. The smallest absolute Gasteiger partial charge is 0.251 e. The number of amides is 1. The minimum atomic E-state index is -0.135. The summed E-state index contributed by atoms with van der Waals surface area (Å²) in [4.78, 5) is 12.5. The van der Waals surface area contributed by atoms with Gasteiger partial charge in [-0.25, -0.2) is 0 Å². The molecule has 1 unspecified atom stereocenters. The number of rotatable bonds is 6. The normalized spacial score (nSPS) is 16.7. The molecule has 1 heterocycles. The zero-order valence-corrected chi connectivity index (χ0v) is 14.9. The van der Waals surface area contributed by atoms with E-state index in [4.69, 9.17) is 14.2 Å². The van der Waals surface area contributed by atoms with Gasteiger partial charge in [-0.1, -0.05) is 6.07 Å². The number of hydrogen-bond donors (Lipinski definition) is 1. The van der Waals surface area contributed by atoms with E-state index in [0.29, 0.717) is 24.7 Å². The van der Waals surface area contributed by atoms with Gasteiger partial charge in [0.2, 0.25) is 0 Å². The van der Waals surface area contributed by atoms with Gasteiger partial charge in [-0.05, 0) is 67.6 Å². The van der Waals surface area contributed by atoms with Crippen LogP contribution in [0.25, 0.3) is 0 Å². The van der Waals surface area contributed by atoms with Crippen LogP contribution >= 0.6 is 0 Å². The van der Waals surface area contributed by atoms with Gasteiger partial charge in [-0.15, -0.1) is 0 Å². The van der Waals surface area contributed by atoms with Crippen LogP contribution in [0, 0.1) is 5.92 Å². The van der Waals surface area contributed by atoms with Crippen LogP contribution in [-0.4, -0.2) is 25.7 Å². The molecular weight excluding hydrogens is 330 g/mol. The molecular formula is C21H23NO4. The van der Waals surface area contributed by atoms with Crippen molar-refractivity contribution in [1.29, 1.82) is 0 Å². The fraction of sp³-hybridized carbons (Fsp3) is 0.381. The van der Waals surface area contributed by atoms with Gasteiger partial charge in [0.25, 0.3) is 5.91 Å². The van der Waals surface area contributed by atoms with Crippen molar-refractivity contribution >= 4 is 5.91 Å². The Labute approximate surface area is 153 Å². The van der Waals surface area contributed by atoms with Crippen molar-refractivity contribution in [2.75, 3.05) is 19.8 Å². The van der Waals surface area contributed by atoms with Crippen LogP contribution < -0.4 is 19.5 Å². The second kappa shape index (κ2) is 7.28. The third-order valence-electron chi connectivity index (χ3n) is 4.71. The molecule has 1 amide bonds. The number of hydrogen-bond acceptors (Lipinski definition) is 4. The molecule has 2 aliphatic rings. The molecule has 0 saturated heterocycles. The second-order valence-corrected chi connectivity index (χ2v) is 6.88. The molecule has 1 fully saturated rings. The standard InChI is InChI=1S/C21H23NO4/c1-14(17-6-9-19-20(12-17)25-11-10-24-19)22-21(23)16-4-7-18(8-5-16)26-13-15-2-3-15/h4-9,12,14-15H,2-3,10-11,13H2,1H3,(H,22,23). The average Bonchev–Trinajstić information content (AvgIpc) is 3.51. The van der Waals surface area contributed by atoms with Gasteiger partial charge in [0.15, 0.2) is 11.5 Å². The summed E-state index contributed by atoms with van der Waals surface area (Å²) >= 11 is 0. The molecule has 1 atom stereocenters. The molecule has 1 saturated carbocycles. The van der Waals surface area contributed by atoms with Gasteiger partial charge in [-0.2, -0.15) is 0 Å². The molecule has 0 spiro atoms. The molecule has 4 rings (SSSR count). The Morgan fingerprint density at radius 3 is 2.58 bits per heavy atom. The Morgan fingerprint density at radius 1 is 1.12 bits per heavy atom. The lowest BCUT2D eigenvalue weighted by atomic mass is 10.1. The van der Waals surface area contributed by atoms with E-state index in [1.807, 2.05) is 37.3 Å². The molecule has 1 aliphatic heterocycles. The van der Waals surface area contributed by atoms with Crippen molar-refractivity contribution in [2.24, 2.45) is 5.92 Å². The topological polar surface area (TPSA) is 56.8 Å². The van der Waals surface area contributed by atoms with Crippen LogP contribution in [0.3, 0.4) is 0 Å². The lowest BCUT2D eigenvalue weighted by Crippen LogP contribution is -2.26. The molecule has 26 heavy (non-hydrogen) atoms. The summed E-state index contributed by atoms with van der Waals surface area (Å²) in [5, 5.41) is 3.02. The highest BCUT2D eigenvalue weighted by Crippen LogP contribution is 2.32. The van der Waals surface area contributed by atoms with E-state index in [0.717, 1.165) is 29.4 Å². The molecule has 2 aromatic carbocycles. The SMILES string of the molecule is CC(NC(=O)c1ccc(OCC2CC2)cc1)c1ccc2c(c1)OCCO2. The number of carbonyl (C=O) groups is 1. The summed E-state index contributed by atoms with van der Waals surface area (Å²) in [5.41, 5.74) is 1.60. The molecule has 2 aromatic rings. The highest BCUT2D eigenvalue weighted by atomic mass is 16.6. The van der Waals surface area contributed by atoms with Crippen molar-refractivity contribution in [1.82, 2.24) is 5.32 Å². The highest BCUT2D eigenvalue weighted by Gasteiger charge is 2.22. The van der Waals surface area contributed by atoms with Crippen molar-refractivity contribution in [3.05, 3.63) is 53.6 Å². The van der Waals surface area contributed by atoms with Crippen LogP contribution in [0.5, 0.6) is 17.2 Å². The molecule has 0 aromatic heterocycles. The van der Waals surface area contributed by atoms with Crippen LogP contribution in [0.4, 0.5) is 0 Å². The number of carbonyl (C=O) groups excluding carboxylic acids is 1. The molecule has 0 radical (unpaired) electrons. The first-order valence-corrected chi connectivity index (χ1v) is 9.12. The number of fused-ring (bicyclic) bond motifs is 1. The van der Waals surface area contributed by atoms with Gasteiger partial charge < -0.3 is 19.5 Å². The number of ether oxygens (including phenoxy) is 3. The number of nitrogens with one attached hydrogen (secondary N) is 1. The lowest BCUT2D eigenvalue weighted by molar-refractivity contribution is 0.0939. The quantitative estimate of drug-likeness (QED) is 0.860. The largest absolute Gasteiger partial charge is 0.493 e. The minimum Gasteiger partial charge on any atom is -0.493 e. The number of benzene rings is 2. The predicted octanol–water partition coefficient (Wildman–Crippen LogP) is 3.74. The van der Waals surface area contributed by atoms with E-state index < -0.39 is 0 Å². The molecule has 5 nitrogen and oxygen atoms in total. The van der Waals surface area contributed by atoms with Crippen LogP contribution in [0.2, 0.25) is 0 Å². The van der Waals surface area contributed by atoms with Crippen LogP contribution in [0.15, 0.2) is 42.5 Å². The van der Waals surface area contributed by atoms with E-state index >= 15 is 0 Å². The van der Waals surface area contributed by atoms with Gasteiger partial charge in [-0.3, -0.25) is 4.79 Å². The zero-order valence-electron chi connectivity index (χ0n) is 14.9. The van der Waals surface area contributed by atoms with Gasteiger partial charge in [0.05, 0.1) is 12.6 Å². The maximum absolute atomic E-state index is 12.5. The van der Waals surface area contributed by atoms with Gasteiger partial charge >= 0.3 is 0 Å². The molecule has 5 heteroatoms. The van der Waals surface area contributed by atoms with Crippen molar-refractivity contribution < 1.29 is 19.0 Å². The van der Waals surface area contributed by atoms with E-state index in [1.165, 1.54) is 12.8 Å². The maximum atomic E-state index is 12.5. The van der Waals surface area contributed by atoms with Crippen molar-refractivity contribution in [2.45, 2.75) is 25.8 Å². The fourth-order valence-electron chi connectivity index (χ4n) is 2.89. The first-order chi connectivity index (χ1) is 12.7. The van der Waals surface area contributed by atoms with Gasteiger partial charge in [0, 0.05) is 5.56 Å². The summed E-state index contributed by atoms with van der Waals surface area (Å²) in [5.74, 6) is 2.90. The third-order valence-corrected chi connectivity index (χ3v) is 4.71. The Morgan fingerprint density at radius 2 is 1.85 bits per heavy atom. The van der Waals surface area contributed by atoms with E-state index in [2.05, 4.69) is 5.32 Å². The van der Waals surface area contributed by atoms with Crippen LogP contribution in [0.1, 0.15) is 41.7 Å². The lowest BCUT2D eigenvalue weighted by Gasteiger charge is -2.21. The second-order valence-electron chi connectivity index (χ2n) is 6.88. The third kappa shape index (κ3) is 3.93. The highest BCUT2D eigenvalue weighted by molar-refractivity contribution is 5.94. The Balaban J connectivity index is 1.37. The molecule has 1 aliphatic carbocycles. The Bertz CT molecular complexity index is 783. The van der Waals surface area contributed by atoms with Crippen LogP contribution in [-0.2, 0) is 0 Å². The first-order valence-electron chi connectivity index (χ1n) is 9.12. The van der Waals surface area contributed by atoms with E-state index in [9.17, 15) is 4.79 Å². The van der Waals surface area contributed by atoms with Crippen molar-refractivity contribution in [3.63, 3.8) is 0 Å². The fourth-order valence-corrected chi connectivity index (χ4v) is 2.89. The van der Waals surface area contributed by atoms with Crippen molar-refractivity contribution in [3.8, 4) is 17.2 Å². The molecule has 1 N–H and O–H groups in total. The minimum absolute atomic E-state index is 0.110. The Hall–Kier alpha value is -2.69. The van der Waals surface area contributed by atoms with E-state index in [1.54, 1.807) is 12.1 Å². The molecule has 0 bridgehead atoms. The maximum Gasteiger partial charge on any atom is 0.251 e. The Kier molecular flexibility index (Phi) is 4.69. The first kappa shape index (κ1) is 16.8.